The average molecular weight is 417 g/mol. The van der Waals surface area contributed by atoms with Crippen LogP contribution in [0.15, 0.2) is 52.9 Å². The van der Waals surface area contributed by atoms with Gasteiger partial charge < -0.3 is 14.5 Å². The maximum Gasteiger partial charge on any atom is 0.325 e. The number of halogens is 1. The lowest BCUT2D eigenvalue weighted by Crippen LogP contribution is -2.30. The van der Waals surface area contributed by atoms with Gasteiger partial charge in [-0.1, -0.05) is 29.8 Å². The topological polar surface area (TPSA) is 137 Å². The Kier molecular flexibility index (Phi) is 6.15. The standard InChI is InChI=1S/C18H13ClN4O6/c19-13-7-6-12(8-14(13)23(26)27)17(25)20-9-16(24)28-10-15-21-22-18(29-15)11-4-2-1-3-5-11/h1-8H,9-10H2,(H,20,25). The summed E-state index contributed by atoms with van der Waals surface area (Å²) in [5.41, 5.74) is 0.299. The first-order valence-corrected chi connectivity index (χ1v) is 8.57. The highest BCUT2D eigenvalue weighted by molar-refractivity contribution is 6.32. The van der Waals surface area contributed by atoms with Crippen LogP contribution in [-0.2, 0) is 16.1 Å². The van der Waals surface area contributed by atoms with Gasteiger partial charge in [-0.15, -0.1) is 10.2 Å². The molecule has 0 saturated carbocycles. The molecule has 0 unspecified atom stereocenters. The monoisotopic (exact) mass is 416 g/mol. The van der Waals surface area contributed by atoms with E-state index < -0.39 is 29.0 Å². The summed E-state index contributed by atoms with van der Waals surface area (Å²) in [7, 11) is 0. The Morgan fingerprint density at radius 3 is 2.66 bits per heavy atom. The molecule has 0 aliphatic rings. The third-order valence-corrected chi connectivity index (χ3v) is 3.96. The molecule has 0 aliphatic carbocycles. The highest BCUT2D eigenvalue weighted by atomic mass is 35.5. The first-order valence-electron chi connectivity index (χ1n) is 8.19. The number of hydrogen-bond donors (Lipinski definition) is 1. The first-order chi connectivity index (χ1) is 13.9. The van der Waals surface area contributed by atoms with Crippen LogP contribution in [0.4, 0.5) is 5.69 Å². The maximum atomic E-state index is 12.0. The minimum atomic E-state index is -0.749. The van der Waals surface area contributed by atoms with E-state index in [1.165, 1.54) is 12.1 Å². The van der Waals surface area contributed by atoms with E-state index >= 15 is 0 Å². The molecule has 0 bridgehead atoms. The Hall–Kier alpha value is -3.79. The largest absolute Gasteiger partial charge is 0.454 e. The molecule has 3 rings (SSSR count). The van der Waals surface area contributed by atoms with Gasteiger partial charge in [0.2, 0.25) is 5.89 Å². The fourth-order valence-corrected chi connectivity index (χ4v) is 2.44. The Labute approximate surface area is 168 Å². The Morgan fingerprint density at radius 2 is 1.93 bits per heavy atom. The van der Waals surface area contributed by atoms with Gasteiger partial charge in [0.25, 0.3) is 17.5 Å². The number of nitrogens with one attached hydrogen (secondary N) is 1. The average Bonchev–Trinajstić information content (AvgIpc) is 3.20. The van der Waals surface area contributed by atoms with Crippen LogP contribution in [0.3, 0.4) is 0 Å². The predicted molar refractivity (Wildman–Crippen MR) is 100.0 cm³/mol. The lowest BCUT2D eigenvalue weighted by molar-refractivity contribution is -0.384. The van der Waals surface area contributed by atoms with Crippen molar-refractivity contribution in [3.05, 3.63) is 75.1 Å². The highest BCUT2D eigenvalue weighted by Crippen LogP contribution is 2.25. The highest BCUT2D eigenvalue weighted by Gasteiger charge is 2.17. The van der Waals surface area contributed by atoms with Gasteiger partial charge in [-0.3, -0.25) is 19.7 Å². The maximum absolute atomic E-state index is 12.0. The molecule has 29 heavy (non-hydrogen) atoms. The van der Waals surface area contributed by atoms with E-state index in [4.69, 9.17) is 20.8 Å². The second-order valence-electron chi connectivity index (χ2n) is 5.63. The fourth-order valence-electron chi connectivity index (χ4n) is 2.25. The lowest BCUT2D eigenvalue weighted by atomic mass is 10.2. The number of amides is 1. The zero-order chi connectivity index (χ0) is 20.8. The molecule has 0 atom stereocenters. The van der Waals surface area contributed by atoms with Crippen LogP contribution in [0.1, 0.15) is 16.2 Å². The minimum absolute atomic E-state index is 0.0155. The van der Waals surface area contributed by atoms with Gasteiger partial charge in [0.15, 0.2) is 6.61 Å². The zero-order valence-electron chi connectivity index (χ0n) is 14.7. The van der Waals surface area contributed by atoms with Gasteiger partial charge in [-0.05, 0) is 24.3 Å². The van der Waals surface area contributed by atoms with E-state index in [0.717, 1.165) is 11.6 Å². The molecular formula is C18H13ClN4O6. The number of ether oxygens (including phenoxy) is 1. The van der Waals surface area contributed by atoms with Crippen LogP contribution in [0.2, 0.25) is 5.02 Å². The van der Waals surface area contributed by atoms with E-state index in [1.54, 1.807) is 12.1 Å². The van der Waals surface area contributed by atoms with Crippen LogP contribution in [0.5, 0.6) is 0 Å². The molecule has 0 radical (unpaired) electrons. The van der Waals surface area contributed by atoms with E-state index in [2.05, 4.69) is 15.5 Å². The molecule has 1 aromatic heterocycles. The second-order valence-corrected chi connectivity index (χ2v) is 6.04. The van der Waals surface area contributed by atoms with E-state index in [-0.39, 0.29) is 29.0 Å². The minimum Gasteiger partial charge on any atom is -0.454 e. The summed E-state index contributed by atoms with van der Waals surface area (Å²) in [6, 6.07) is 12.6. The number of hydrogen-bond acceptors (Lipinski definition) is 8. The van der Waals surface area contributed by atoms with Gasteiger partial charge in [-0.25, -0.2) is 0 Å². The van der Waals surface area contributed by atoms with Crippen LogP contribution in [0.25, 0.3) is 11.5 Å². The smallest absolute Gasteiger partial charge is 0.325 e. The number of aromatic nitrogens is 2. The second kappa shape index (κ2) is 8.93. The number of carbonyl (C=O) groups excluding carboxylic acids is 2. The quantitative estimate of drug-likeness (QED) is 0.352. The summed E-state index contributed by atoms with van der Waals surface area (Å²) >= 11 is 5.70. The summed E-state index contributed by atoms with van der Waals surface area (Å²) in [5.74, 6) is -1.06. The Morgan fingerprint density at radius 1 is 1.17 bits per heavy atom. The van der Waals surface area contributed by atoms with Crippen LogP contribution in [0, 0.1) is 10.1 Å². The number of rotatable bonds is 7. The molecular weight excluding hydrogens is 404 g/mol. The van der Waals surface area contributed by atoms with E-state index in [9.17, 15) is 19.7 Å². The van der Waals surface area contributed by atoms with Gasteiger partial charge >= 0.3 is 5.97 Å². The number of nitro benzene ring substituents is 1. The van der Waals surface area contributed by atoms with Crippen molar-refractivity contribution < 1.29 is 23.7 Å². The van der Waals surface area contributed by atoms with Crippen molar-refractivity contribution in [2.75, 3.05) is 6.54 Å². The number of carbonyl (C=O) groups is 2. The van der Waals surface area contributed by atoms with Crippen molar-refractivity contribution in [1.82, 2.24) is 15.5 Å². The van der Waals surface area contributed by atoms with Gasteiger partial charge in [0, 0.05) is 17.2 Å². The summed E-state index contributed by atoms with van der Waals surface area (Å²) in [6.45, 7) is -0.712. The summed E-state index contributed by atoms with van der Waals surface area (Å²) < 4.78 is 10.4. The molecule has 10 nitrogen and oxygen atoms in total. The SMILES string of the molecule is O=C(CNC(=O)c1ccc(Cl)c([N+](=O)[O-])c1)OCc1nnc(-c2ccccc2)o1. The zero-order valence-corrected chi connectivity index (χ0v) is 15.5. The summed E-state index contributed by atoms with van der Waals surface area (Å²) in [5, 5.41) is 20.7. The van der Waals surface area contributed by atoms with Crippen molar-refractivity contribution in [2.45, 2.75) is 6.61 Å². The normalized spacial score (nSPS) is 10.4. The molecule has 1 amide bonds. The third-order valence-electron chi connectivity index (χ3n) is 3.64. The van der Waals surface area contributed by atoms with Crippen molar-refractivity contribution >= 4 is 29.2 Å². The number of nitrogens with zero attached hydrogens (tertiary/aromatic N) is 3. The summed E-state index contributed by atoms with van der Waals surface area (Å²) in [4.78, 5) is 34.0. The van der Waals surface area contributed by atoms with Crippen molar-refractivity contribution in [2.24, 2.45) is 0 Å². The lowest BCUT2D eigenvalue weighted by Gasteiger charge is -2.05. The molecule has 3 aromatic rings. The first kappa shape index (κ1) is 20.0. The molecule has 148 valence electrons. The third kappa shape index (κ3) is 5.14. The molecule has 1 heterocycles. The molecule has 0 spiro atoms. The Bertz CT molecular complexity index is 1050. The molecule has 1 N–H and O–H groups in total. The fraction of sp³-hybridized carbons (Fsp3) is 0.111. The summed E-state index contributed by atoms with van der Waals surface area (Å²) in [6.07, 6.45) is 0. The van der Waals surface area contributed by atoms with Crippen molar-refractivity contribution in [1.29, 1.82) is 0 Å². The molecule has 11 heteroatoms. The predicted octanol–water partition coefficient (Wildman–Crippen LogP) is 2.77. The van der Waals surface area contributed by atoms with Gasteiger partial charge in [0.05, 0.1) is 4.92 Å². The molecule has 0 fully saturated rings. The molecule has 2 aromatic carbocycles. The number of nitro groups is 1. The van der Waals surface area contributed by atoms with Crippen molar-refractivity contribution in [3.8, 4) is 11.5 Å². The van der Waals surface area contributed by atoms with E-state index in [1.807, 2.05) is 18.2 Å². The van der Waals surface area contributed by atoms with E-state index in [0.29, 0.717) is 0 Å². The van der Waals surface area contributed by atoms with Crippen LogP contribution >= 0.6 is 11.6 Å². The van der Waals surface area contributed by atoms with Gasteiger partial charge in [0.1, 0.15) is 11.6 Å². The van der Waals surface area contributed by atoms with Crippen LogP contribution < -0.4 is 5.32 Å². The van der Waals surface area contributed by atoms with Crippen molar-refractivity contribution in [3.63, 3.8) is 0 Å². The van der Waals surface area contributed by atoms with Gasteiger partial charge in [-0.2, -0.15) is 0 Å². The number of esters is 1. The number of benzene rings is 2. The Balaban J connectivity index is 1.50. The van der Waals surface area contributed by atoms with Crippen LogP contribution in [-0.4, -0.2) is 33.5 Å². The molecule has 0 saturated heterocycles. The molecule has 0 aliphatic heterocycles.